The Bertz CT molecular complexity index is 629. The van der Waals surface area contributed by atoms with Gasteiger partial charge in [-0.25, -0.2) is 0 Å². The second-order valence-corrected chi connectivity index (χ2v) is 5.18. The Morgan fingerprint density at radius 2 is 1.45 bits per heavy atom. The molecule has 102 valence electrons. The molecule has 2 nitrogen and oxygen atoms in total. The van der Waals surface area contributed by atoms with Crippen LogP contribution in [0.3, 0.4) is 0 Å². The van der Waals surface area contributed by atoms with Crippen LogP contribution in [0.4, 0.5) is 0 Å². The molecule has 20 heavy (non-hydrogen) atoms. The van der Waals surface area contributed by atoms with Crippen molar-refractivity contribution in [3.05, 3.63) is 75.8 Å². The quantitative estimate of drug-likeness (QED) is 0.656. The number of carbonyl (C=O) groups excluding carboxylic acids is 1. The fourth-order valence-electron chi connectivity index (χ4n) is 1.71. The van der Waals surface area contributed by atoms with E-state index in [-0.39, 0.29) is 18.0 Å². The standard InChI is InChI=1S/C16H12Cl2O2/c17-13-5-1-11(2-6-13)9-15(19)10-16(20)12-3-7-14(18)8-4-12/h1-8,10,20H,9H2/b16-10+. The maximum Gasteiger partial charge on any atom is 0.163 e. The van der Waals surface area contributed by atoms with E-state index in [1.54, 1.807) is 48.5 Å². The lowest BCUT2D eigenvalue weighted by atomic mass is 10.1. The summed E-state index contributed by atoms with van der Waals surface area (Å²) < 4.78 is 0. The molecule has 2 aromatic rings. The van der Waals surface area contributed by atoms with Crippen LogP contribution in [0.15, 0.2) is 54.6 Å². The summed E-state index contributed by atoms with van der Waals surface area (Å²) in [4.78, 5) is 11.9. The Labute approximate surface area is 127 Å². The third-order valence-corrected chi connectivity index (χ3v) is 3.23. The first-order valence-corrected chi connectivity index (χ1v) is 6.74. The van der Waals surface area contributed by atoms with Crippen molar-refractivity contribution in [2.45, 2.75) is 6.42 Å². The van der Waals surface area contributed by atoms with Crippen molar-refractivity contribution in [2.24, 2.45) is 0 Å². The first kappa shape index (κ1) is 14.6. The number of allylic oxidation sites excluding steroid dienone is 1. The molecule has 0 heterocycles. The van der Waals surface area contributed by atoms with Gasteiger partial charge in [0, 0.05) is 28.1 Å². The van der Waals surface area contributed by atoms with Crippen LogP contribution in [0, 0.1) is 0 Å². The van der Waals surface area contributed by atoms with E-state index in [0.717, 1.165) is 5.56 Å². The minimum Gasteiger partial charge on any atom is -0.507 e. The average Bonchev–Trinajstić information content (AvgIpc) is 2.42. The van der Waals surface area contributed by atoms with E-state index < -0.39 is 0 Å². The van der Waals surface area contributed by atoms with E-state index in [4.69, 9.17) is 23.2 Å². The first-order chi connectivity index (χ1) is 9.54. The van der Waals surface area contributed by atoms with E-state index >= 15 is 0 Å². The Balaban J connectivity index is 2.07. The predicted molar refractivity (Wildman–Crippen MR) is 82.2 cm³/mol. The number of benzene rings is 2. The number of aliphatic hydroxyl groups is 1. The van der Waals surface area contributed by atoms with Crippen molar-refractivity contribution < 1.29 is 9.90 Å². The molecule has 0 aliphatic heterocycles. The smallest absolute Gasteiger partial charge is 0.163 e. The highest BCUT2D eigenvalue weighted by Gasteiger charge is 2.05. The van der Waals surface area contributed by atoms with Gasteiger partial charge in [0.2, 0.25) is 0 Å². The van der Waals surface area contributed by atoms with Crippen LogP contribution >= 0.6 is 23.2 Å². The maximum absolute atomic E-state index is 11.9. The lowest BCUT2D eigenvalue weighted by Gasteiger charge is -2.01. The van der Waals surface area contributed by atoms with E-state index in [0.29, 0.717) is 15.6 Å². The molecule has 2 rings (SSSR count). The number of carbonyl (C=O) groups is 1. The van der Waals surface area contributed by atoms with Gasteiger partial charge in [-0.2, -0.15) is 0 Å². The highest BCUT2D eigenvalue weighted by molar-refractivity contribution is 6.30. The highest BCUT2D eigenvalue weighted by atomic mass is 35.5. The van der Waals surface area contributed by atoms with Gasteiger partial charge in [0.05, 0.1) is 0 Å². The molecule has 0 fully saturated rings. The van der Waals surface area contributed by atoms with Crippen molar-refractivity contribution in [1.82, 2.24) is 0 Å². The van der Waals surface area contributed by atoms with Crippen molar-refractivity contribution in [3.8, 4) is 0 Å². The molecule has 0 unspecified atom stereocenters. The summed E-state index contributed by atoms with van der Waals surface area (Å²) >= 11 is 11.5. The number of rotatable bonds is 4. The largest absolute Gasteiger partial charge is 0.507 e. The zero-order valence-electron chi connectivity index (χ0n) is 10.5. The van der Waals surface area contributed by atoms with Crippen LogP contribution in [0.1, 0.15) is 11.1 Å². The molecule has 0 atom stereocenters. The molecule has 0 aliphatic carbocycles. The second kappa shape index (κ2) is 6.60. The van der Waals surface area contributed by atoms with Crippen molar-refractivity contribution in [1.29, 1.82) is 0 Å². The highest BCUT2D eigenvalue weighted by Crippen LogP contribution is 2.16. The van der Waals surface area contributed by atoms with Crippen LogP contribution in [-0.2, 0) is 11.2 Å². The number of ketones is 1. The fourth-order valence-corrected chi connectivity index (χ4v) is 1.96. The summed E-state index contributed by atoms with van der Waals surface area (Å²) in [7, 11) is 0. The minimum atomic E-state index is -0.181. The van der Waals surface area contributed by atoms with Gasteiger partial charge in [0.1, 0.15) is 5.76 Å². The van der Waals surface area contributed by atoms with E-state index in [9.17, 15) is 9.90 Å². The molecule has 0 spiro atoms. The van der Waals surface area contributed by atoms with Gasteiger partial charge in [0.25, 0.3) is 0 Å². The summed E-state index contributed by atoms with van der Waals surface area (Å²) in [6.45, 7) is 0. The zero-order chi connectivity index (χ0) is 14.5. The Morgan fingerprint density at radius 1 is 0.950 bits per heavy atom. The van der Waals surface area contributed by atoms with Crippen LogP contribution in [0.25, 0.3) is 5.76 Å². The molecule has 0 bridgehead atoms. The molecule has 4 heteroatoms. The monoisotopic (exact) mass is 306 g/mol. The molecule has 0 saturated heterocycles. The molecule has 1 N–H and O–H groups in total. The number of halogens is 2. The number of aliphatic hydroxyl groups excluding tert-OH is 1. The Morgan fingerprint density at radius 3 is 2.00 bits per heavy atom. The van der Waals surface area contributed by atoms with Crippen molar-refractivity contribution >= 4 is 34.7 Å². The summed E-state index contributed by atoms with van der Waals surface area (Å²) in [6.07, 6.45) is 1.44. The van der Waals surface area contributed by atoms with Gasteiger partial charge in [-0.3, -0.25) is 4.79 Å². The van der Waals surface area contributed by atoms with Gasteiger partial charge in [-0.05, 0) is 42.0 Å². The van der Waals surface area contributed by atoms with E-state index in [1.807, 2.05) is 0 Å². The third-order valence-electron chi connectivity index (χ3n) is 2.73. The molecular weight excluding hydrogens is 295 g/mol. The summed E-state index contributed by atoms with van der Waals surface area (Å²) in [5, 5.41) is 11.1. The third kappa shape index (κ3) is 4.12. The van der Waals surface area contributed by atoms with Crippen LogP contribution in [-0.4, -0.2) is 10.9 Å². The topological polar surface area (TPSA) is 37.3 Å². The lowest BCUT2D eigenvalue weighted by molar-refractivity contribution is -0.114. The minimum absolute atomic E-state index is 0.0689. The lowest BCUT2D eigenvalue weighted by Crippen LogP contribution is -2.00. The first-order valence-electron chi connectivity index (χ1n) is 5.98. The molecule has 0 aliphatic rings. The van der Waals surface area contributed by atoms with E-state index in [2.05, 4.69) is 0 Å². The van der Waals surface area contributed by atoms with Crippen LogP contribution in [0.2, 0.25) is 10.0 Å². The van der Waals surface area contributed by atoms with Crippen molar-refractivity contribution in [3.63, 3.8) is 0 Å². The van der Waals surface area contributed by atoms with Crippen molar-refractivity contribution in [2.75, 3.05) is 0 Å². The van der Waals surface area contributed by atoms with Gasteiger partial charge in [0.15, 0.2) is 5.78 Å². The summed E-state index contributed by atoms with van der Waals surface area (Å²) in [6, 6.07) is 13.7. The van der Waals surface area contributed by atoms with Gasteiger partial charge in [-0.15, -0.1) is 0 Å². The Hall–Kier alpha value is -1.77. The molecule has 2 aromatic carbocycles. The maximum atomic E-state index is 11.9. The molecule has 0 amide bonds. The average molecular weight is 307 g/mol. The second-order valence-electron chi connectivity index (χ2n) is 4.31. The van der Waals surface area contributed by atoms with Crippen LogP contribution in [0.5, 0.6) is 0 Å². The normalized spacial score (nSPS) is 11.4. The van der Waals surface area contributed by atoms with Gasteiger partial charge >= 0.3 is 0 Å². The Kier molecular flexibility index (Phi) is 4.83. The summed E-state index contributed by atoms with van der Waals surface area (Å²) in [5.74, 6) is -0.250. The fraction of sp³-hybridized carbons (Fsp3) is 0.0625. The summed E-state index contributed by atoms with van der Waals surface area (Å²) in [5.41, 5.74) is 1.40. The number of hydrogen-bond donors (Lipinski definition) is 1. The molecular formula is C16H12Cl2O2. The molecule has 0 saturated carbocycles. The zero-order valence-corrected chi connectivity index (χ0v) is 12.0. The van der Waals surface area contributed by atoms with Gasteiger partial charge in [-0.1, -0.05) is 35.3 Å². The predicted octanol–water partition coefficient (Wildman–Crippen LogP) is 4.70. The number of hydrogen-bond acceptors (Lipinski definition) is 2. The SMILES string of the molecule is O=C(/C=C(/O)c1ccc(Cl)cc1)Cc1ccc(Cl)cc1. The van der Waals surface area contributed by atoms with Crippen LogP contribution < -0.4 is 0 Å². The molecule has 0 aromatic heterocycles. The van der Waals surface area contributed by atoms with Gasteiger partial charge < -0.3 is 5.11 Å². The van der Waals surface area contributed by atoms with E-state index in [1.165, 1.54) is 6.08 Å². The molecule has 0 radical (unpaired) electrons.